The number of hydrogen-bond acceptors (Lipinski definition) is 3. The van der Waals surface area contributed by atoms with E-state index in [2.05, 4.69) is 16.1 Å². The van der Waals surface area contributed by atoms with Crippen molar-refractivity contribution in [3.8, 4) is 11.5 Å². The van der Waals surface area contributed by atoms with Crippen LogP contribution in [0.5, 0.6) is 11.5 Å². The molecule has 5 heteroatoms. The molecule has 1 aromatic carbocycles. The van der Waals surface area contributed by atoms with E-state index in [1.54, 1.807) is 7.11 Å². The lowest BCUT2D eigenvalue weighted by Crippen LogP contribution is -2.23. The summed E-state index contributed by atoms with van der Waals surface area (Å²) in [6, 6.07) is 2.14. The third-order valence-corrected chi connectivity index (χ3v) is 5.24. The van der Waals surface area contributed by atoms with Gasteiger partial charge >= 0.3 is 0 Å². The number of nitrogens with zero attached hydrogens (tertiary/aromatic N) is 3. The Bertz CT molecular complexity index is 629. The molecule has 1 heterocycles. The van der Waals surface area contributed by atoms with Crippen LogP contribution < -0.4 is 9.47 Å². The van der Waals surface area contributed by atoms with E-state index < -0.39 is 0 Å². The lowest BCUT2D eigenvalue weighted by molar-refractivity contribution is 0.232. The van der Waals surface area contributed by atoms with Crippen molar-refractivity contribution in [2.24, 2.45) is 5.11 Å². The van der Waals surface area contributed by atoms with Gasteiger partial charge in [-0.05, 0) is 49.1 Å². The highest BCUT2D eigenvalue weighted by atomic mass is 16.5. The number of ether oxygens (including phenoxy) is 2. The van der Waals surface area contributed by atoms with Gasteiger partial charge in [-0.3, -0.25) is 0 Å². The Labute approximate surface area is 123 Å². The Balaban J connectivity index is 1.80. The molecule has 21 heavy (non-hydrogen) atoms. The average Bonchev–Trinajstić information content (AvgIpc) is 2.95. The Hall–Kier alpha value is -1.87. The summed E-state index contributed by atoms with van der Waals surface area (Å²) in [7, 11) is 1.76. The second-order valence-electron chi connectivity index (χ2n) is 6.30. The van der Waals surface area contributed by atoms with E-state index in [9.17, 15) is 0 Å². The first-order valence-electron chi connectivity index (χ1n) is 7.73. The monoisotopic (exact) mass is 285 g/mol. The molecule has 5 nitrogen and oxygen atoms in total. The van der Waals surface area contributed by atoms with Crippen LogP contribution in [0.4, 0.5) is 0 Å². The van der Waals surface area contributed by atoms with E-state index in [1.165, 1.54) is 42.4 Å². The van der Waals surface area contributed by atoms with E-state index in [0.717, 1.165) is 17.9 Å². The third-order valence-electron chi connectivity index (χ3n) is 5.24. The van der Waals surface area contributed by atoms with Gasteiger partial charge in [0.05, 0.1) is 13.7 Å². The van der Waals surface area contributed by atoms with Gasteiger partial charge in [-0.25, -0.2) is 0 Å². The maximum Gasteiger partial charge on any atom is 0.127 e. The molecule has 3 aliphatic carbocycles. The first kappa shape index (κ1) is 12.8. The highest BCUT2D eigenvalue weighted by molar-refractivity contribution is 5.60. The summed E-state index contributed by atoms with van der Waals surface area (Å²) in [5.74, 6) is 3.35. The van der Waals surface area contributed by atoms with Gasteiger partial charge in [-0.1, -0.05) is 5.11 Å². The lowest BCUT2D eigenvalue weighted by Gasteiger charge is -2.39. The molecule has 1 aromatic rings. The summed E-state index contributed by atoms with van der Waals surface area (Å²) in [5.41, 5.74) is 12.5. The smallest absolute Gasteiger partial charge is 0.127 e. The molecule has 1 fully saturated rings. The largest absolute Gasteiger partial charge is 0.496 e. The van der Waals surface area contributed by atoms with Gasteiger partial charge in [0.15, 0.2) is 0 Å². The SMILES string of the molecule is COc1cc2c(c3c1C1CCC3CC1)OC(CN=[N+]=[N-])C2. The third kappa shape index (κ3) is 1.88. The highest BCUT2D eigenvalue weighted by Gasteiger charge is 2.40. The minimum atomic E-state index is -0.0208. The quantitative estimate of drug-likeness (QED) is 0.477. The van der Waals surface area contributed by atoms with Crippen molar-refractivity contribution in [1.29, 1.82) is 0 Å². The zero-order valence-corrected chi connectivity index (χ0v) is 12.2. The van der Waals surface area contributed by atoms with Gasteiger partial charge in [0, 0.05) is 28.0 Å². The Morgan fingerprint density at radius 3 is 2.67 bits per heavy atom. The number of benzene rings is 1. The first-order chi connectivity index (χ1) is 10.3. The van der Waals surface area contributed by atoms with Gasteiger partial charge in [0.2, 0.25) is 0 Å². The molecule has 1 unspecified atom stereocenters. The van der Waals surface area contributed by atoms with E-state index in [-0.39, 0.29) is 6.10 Å². The van der Waals surface area contributed by atoms with Crippen LogP contribution in [0.3, 0.4) is 0 Å². The molecule has 0 aromatic heterocycles. The molecule has 4 aliphatic rings. The number of rotatable bonds is 3. The van der Waals surface area contributed by atoms with Crippen molar-refractivity contribution >= 4 is 0 Å². The minimum absolute atomic E-state index is 0.0208. The van der Waals surface area contributed by atoms with Gasteiger partial charge in [0.1, 0.15) is 17.6 Å². The summed E-state index contributed by atoms with van der Waals surface area (Å²) in [6.07, 6.45) is 5.87. The van der Waals surface area contributed by atoms with E-state index in [0.29, 0.717) is 18.4 Å². The fourth-order valence-corrected chi connectivity index (χ4v) is 4.37. The molecule has 0 amide bonds. The zero-order chi connectivity index (χ0) is 14.4. The van der Waals surface area contributed by atoms with Crippen LogP contribution in [-0.2, 0) is 6.42 Å². The molecule has 1 atom stereocenters. The fraction of sp³-hybridized carbons (Fsp3) is 0.625. The molecule has 0 N–H and O–H groups in total. The van der Waals surface area contributed by atoms with Crippen molar-refractivity contribution in [3.05, 3.63) is 33.2 Å². The zero-order valence-electron chi connectivity index (χ0n) is 12.2. The van der Waals surface area contributed by atoms with Crippen LogP contribution in [-0.4, -0.2) is 19.8 Å². The maximum atomic E-state index is 8.49. The van der Waals surface area contributed by atoms with E-state index in [1.807, 2.05) is 0 Å². The number of hydrogen-bond donors (Lipinski definition) is 0. The second kappa shape index (κ2) is 4.85. The van der Waals surface area contributed by atoms with Gasteiger partial charge < -0.3 is 9.47 Å². The minimum Gasteiger partial charge on any atom is -0.496 e. The van der Waals surface area contributed by atoms with E-state index in [4.69, 9.17) is 15.0 Å². The van der Waals surface area contributed by atoms with Crippen LogP contribution in [0.25, 0.3) is 10.4 Å². The summed E-state index contributed by atoms with van der Waals surface area (Å²) in [6.45, 7) is 0.399. The number of fused-ring (bicyclic) bond motifs is 3. The van der Waals surface area contributed by atoms with Gasteiger partial charge in [-0.2, -0.15) is 0 Å². The molecule has 1 aliphatic heterocycles. The molecular formula is C16H19N3O2. The summed E-state index contributed by atoms with van der Waals surface area (Å²) in [5, 5.41) is 3.66. The van der Waals surface area contributed by atoms with Crippen LogP contribution in [0.2, 0.25) is 0 Å². The van der Waals surface area contributed by atoms with Crippen LogP contribution in [0.15, 0.2) is 11.2 Å². The van der Waals surface area contributed by atoms with E-state index >= 15 is 0 Å². The van der Waals surface area contributed by atoms with Crippen molar-refractivity contribution in [1.82, 2.24) is 0 Å². The molecular weight excluding hydrogens is 266 g/mol. The normalized spacial score (nSPS) is 28.3. The van der Waals surface area contributed by atoms with Crippen molar-refractivity contribution in [2.75, 3.05) is 13.7 Å². The fourth-order valence-electron chi connectivity index (χ4n) is 4.37. The molecule has 0 radical (unpaired) electrons. The Morgan fingerprint density at radius 2 is 2.00 bits per heavy atom. The van der Waals surface area contributed by atoms with Crippen molar-refractivity contribution in [2.45, 2.75) is 50.0 Å². The Morgan fingerprint density at radius 1 is 1.29 bits per heavy atom. The number of azide groups is 1. The Kier molecular flexibility index (Phi) is 2.96. The van der Waals surface area contributed by atoms with Gasteiger partial charge in [-0.15, -0.1) is 0 Å². The summed E-state index contributed by atoms with van der Waals surface area (Å²) < 4.78 is 11.8. The molecule has 0 saturated heterocycles. The highest BCUT2D eigenvalue weighted by Crippen LogP contribution is 2.57. The van der Waals surface area contributed by atoms with Gasteiger partial charge in [0.25, 0.3) is 0 Å². The molecule has 2 bridgehead atoms. The van der Waals surface area contributed by atoms with Crippen molar-refractivity contribution < 1.29 is 9.47 Å². The second-order valence-corrected chi connectivity index (χ2v) is 6.30. The lowest BCUT2D eigenvalue weighted by atomic mass is 9.66. The predicted octanol–water partition coefficient (Wildman–Crippen LogP) is 4.06. The molecule has 0 spiro atoms. The predicted molar refractivity (Wildman–Crippen MR) is 79.1 cm³/mol. The summed E-state index contributed by atoms with van der Waals surface area (Å²) in [4.78, 5) is 2.84. The maximum absolute atomic E-state index is 8.49. The van der Waals surface area contributed by atoms with Crippen molar-refractivity contribution in [3.63, 3.8) is 0 Å². The number of methoxy groups -OCH3 is 1. The topological polar surface area (TPSA) is 67.2 Å². The summed E-state index contributed by atoms with van der Waals surface area (Å²) >= 11 is 0. The average molecular weight is 285 g/mol. The first-order valence-corrected chi connectivity index (χ1v) is 7.73. The molecule has 1 saturated carbocycles. The van der Waals surface area contributed by atoms with Crippen LogP contribution >= 0.6 is 0 Å². The standard InChI is InChI=1S/C16H19N3O2/c1-20-13-7-11-6-12(8-18-19-17)21-16(11)15-10-4-2-9(3-5-10)14(13)15/h7,9-10,12H,2-6,8H2,1H3. The molecule has 5 rings (SSSR count). The van der Waals surface area contributed by atoms with Crippen LogP contribution in [0, 0.1) is 0 Å². The van der Waals surface area contributed by atoms with Crippen LogP contribution in [0.1, 0.15) is 54.2 Å². The molecule has 110 valence electrons.